The number of allylic oxidation sites excluding steroid dienone is 1. The highest BCUT2D eigenvalue weighted by atomic mass is 32.1. The fraction of sp³-hybridized carbons (Fsp3) is 0.233. The van der Waals surface area contributed by atoms with Gasteiger partial charge in [0.05, 0.1) is 16.8 Å². The van der Waals surface area contributed by atoms with Gasteiger partial charge in [0.2, 0.25) is 0 Å². The molecule has 1 N–H and O–H groups in total. The Bertz CT molecular complexity index is 1450. The fourth-order valence-electron chi connectivity index (χ4n) is 5.32. The zero-order valence-corrected chi connectivity index (χ0v) is 20.8. The zero-order valence-electron chi connectivity index (χ0n) is 19.9. The maximum Gasteiger partial charge on any atom is 0.254 e. The standard InChI is InChI=1S/C30H27N3O2S/c34-29(22-14-17-36-19-22)31-23-12-15-33(16-13-23)30(35)27-24-8-4-5-9-26(24)32-28-21(10-11-25(27)28)18-20-6-2-1-3-7-20/h1-9,14,17-19,23H,10-13,15-16H2,(H,31,34). The average Bonchev–Trinajstić information content (AvgIpc) is 3.59. The third-order valence-electron chi connectivity index (χ3n) is 7.20. The Labute approximate surface area is 214 Å². The van der Waals surface area contributed by atoms with Gasteiger partial charge in [-0.05, 0) is 66.0 Å². The number of para-hydroxylation sites is 1. The van der Waals surface area contributed by atoms with E-state index in [1.165, 1.54) is 16.9 Å². The number of amides is 2. The third kappa shape index (κ3) is 4.33. The van der Waals surface area contributed by atoms with E-state index in [2.05, 4.69) is 23.5 Å². The Morgan fingerprint density at radius 3 is 2.53 bits per heavy atom. The van der Waals surface area contributed by atoms with Gasteiger partial charge in [-0.15, -0.1) is 0 Å². The molecule has 2 aliphatic rings. The SMILES string of the molecule is O=C(NC1CCN(C(=O)c2c3c(nc4ccccc24)C(=Cc2ccccc2)CC3)CC1)c1ccsc1. The van der Waals surface area contributed by atoms with Gasteiger partial charge in [-0.1, -0.05) is 48.5 Å². The summed E-state index contributed by atoms with van der Waals surface area (Å²) >= 11 is 1.52. The Hall–Kier alpha value is -3.77. The number of aromatic nitrogens is 1. The predicted octanol–water partition coefficient (Wildman–Crippen LogP) is 5.82. The van der Waals surface area contributed by atoms with Crippen LogP contribution in [0.15, 0.2) is 71.4 Å². The first-order chi connectivity index (χ1) is 17.7. The number of fused-ring (bicyclic) bond motifs is 2. The summed E-state index contributed by atoms with van der Waals surface area (Å²) in [5.41, 5.74) is 6.72. The molecule has 6 heteroatoms. The van der Waals surface area contributed by atoms with Crippen LogP contribution in [0.4, 0.5) is 0 Å². The number of likely N-dealkylation sites (tertiary alicyclic amines) is 1. The number of carbonyl (C=O) groups is 2. The Kier molecular flexibility index (Phi) is 6.11. The molecule has 0 atom stereocenters. The summed E-state index contributed by atoms with van der Waals surface area (Å²) in [6, 6.07) is 20.2. The van der Waals surface area contributed by atoms with Crippen molar-refractivity contribution in [3.8, 4) is 0 Å². The molecular weight excluding hydrogens is 466 g/mol. The number of thiophene rings is 1. The molecule has 0 saturated carbocycles. The molecule has 5 nitrogen and oxygen atoms in total. The van der Waals surface area contributed by atoms with Crippen LogP contribution < -0.4 is 5.32 Å². The van der Waals surface area contributed by atoms with Crippen molar-refractivity contribution in [2.45, 2.75) is 31.7 Å². The summed E-state index contributed by atoms with van der Waals surface area (Å²) in [5, 5.41) is 7.83. The molecule has 0 bridgehead atoms. The Morgan fingerprint density at radius 2 is 1.75 bits per heavy atom. The third-order valence-corrected chi connectivity index (χ3v) is 7.88. The summed E-state index contributed by atoms with van der Waals surface area (Å²) in [4.78, 5) is 33.4. The zero-order chi connectivity index (χ0) is 24.5. The molecule has 2 amide bonds. The second kappa shape index (κ2) is 9.70. The van der Waals surface area contributed by atoms with Gasteiger partial charge in [0.25, 0.3) is 11.8 Å². The molecule has 0 spiro atoms. The van der Waals surface area contributed by atoms with E-state index >= 15 is 0 Å². The summed E-state index contributed by atoms with van der Waals surface area (Å²) in [6.07, 6.45) is 5.41. The first kappa shape index (κ1) is 22.7. The molecule has 180 valence electrons. The molecule has 3 heterocycles. The highest BCUT2D eigenvalue weighted by molar-refractivity contribution is 7.08. The van der Waals surface area contributed by atoms with Gasteiger partial charge in [0.1, 0.15) is 0 Å². The molecule has 1 saturated heterocycles. The molecule has 1 aliphatic carbocycles. The smallest absolute Gasteiger partial charge is 0.254 e. The number of nitrogens with zero attached hydrogens (tertiary/aromatic N) is 2. The molecule has 2 aromatic heterocycles. The number of hydrogen-bond acceptors (Lipinski definition) is 4. The lowest BCUT2D eigenvalue weighted by Gasteiger charge is -2.33. The van der Waals surface area contributed by atoms with Crippen molar-refractivity contribution >= 4 is 45.7 Å². The predicted molar refractivity (Wildman–Crippen MR) is 145 cm³/mol. The lowest BCUT2D eigenvalue weighted by atomic mass is 9.97. The van der Waals surface area contributed by atoms with E-state index in [-0.39, 0.29) is 17.9 Å². The van der Waals surface area contributed by atoms with Crippen molar-refractivity contribution < 1.29 is 9.59 Å². The van der Waals surface area contributed by atoms with Crippen molar-refractivity contribution in [1.29, 1.82) is 0 Å². The van der Waals surface area contributed by atoms with Crippen molar-refractivity contribution in [2.24, 2.45) is 0 Å². The molecule has 0 radical (unpaired) electrons. The summed E-state index contributed by atoms with van der Waals surface area (Å²) in [7, 11) is 0. The summed E-state index contributed by atoms with van der Waals surface area (Å²) in [6.45, 7) is 1.26. The highest BCUT2D eigenvalue weighted by Gasteiger charge is 2.31. The lowest BCUT2D eigenvalue weighted by Crippen LogP contribution is -2.46. The van der Waals surface area contributed by atoms with Crippen LogP contribution in [0.5, 0.6) is 0 Å². The van der Waals surface area contributed by atoms with Gasteiger partial charge in [0, 0.05) is 35.5 Å². The minimum absolute atomic E-state index is 0.0308. The van der Waals surface area contributed by atoms with Crippen LogP contribution in [0.3, 0.4) is 0 Å². The molecule has 0 unspecified atom stereocenters. The average molecular weight is 494 g/mol. The molecule has 4 aromatic rings. The topological polar surface area (TPSA) is 62.3 Å². The first-order valence-electron chi connectivity index (χ1n) is 12.5. The van der Waals surface area contributed by atoms with Gasteiger partial charge in [-0.2, -0.15) is 11.3 Å². The van der Waals surface area contributed by atoms with Crippen LogP contribution in [0.25, 0.3) is 22.6 Å². The minimum Gasteiger partial charge on any atom is -0.349 e. The monoisotopic (exact) mass is 493 g/mol. The highest BCUT2D eigenvalue weighted by Crippen LogP contribution is 2.38. The molecule has 36 heavy (non-hydrogen) atoms. The van der Waals surface area contributed by atoms with Crippen LogP contribution in [-0.4, -0.2) is 40.8 Å². The Morgan fingerprint density at radius 1 is 0.972 bits per heavy atom. The minimum atomic E-state index is -0.0308. The van der Waals surface area contributed by atoms with E-state index in [1.54, 1.807) is 0 Å². The van der Waals surface area contributed by atoms with E-state index in [0.717, 1.165) is 59.0 Å². The second-order valence-electron chi connectivity index (χ2n) is 9.46. The van der Waals surface area contributed by atoms with E-state index in [4.69, 9.17) is 4.98 Å². The van der Waals surface area contributed by atoms with Crippen LogP contribution in [0.1, 0.15) is 56.8 Å². The first-order valence-corrected chi connectivity index (χ1v) is 13.4. The van der Waals surface area contributed by atoms with Gasteiger partial charge >= 0.3 is 0 Å². The number of pyridine rings is 1. The van der Waals surface area contributed by atoms with Crippen molar-refractivity contribution in [1.82, 2.24) is 15.2 Å². The van der Waals surface area contributed by atoms with Crippen molar-refractivity contribution in [2.75, 3.05) is 13.1 Å². The second-order valence-corrected chi connectivity index (χ2v) is 10.2. The molecule has 6 rings (SSSR count). The van der Waals surface area contributed by atoms with E-state index in [1.807, 2.05) is 64.2 Å². The number of rotatable bonds is 4. The van der Waals surface area contributed by atoms with Crippen molar-refractivity contribution in [3.05, 3.63) is 99.4 Å². The molecule has 2 aromatic carbocycles. The van der Waals surface area contributed by atoms with E-state index in [9.17, 15) is 9.59 Å². The normalized spacial score (nSPS) is 16.9. The largest absolute Gasteiger partial charge is 0.349 e. The molecule has 1 fully saturated rings. The number of carbonyl (C=O) groups excluding carboxylic acids is 2. The van der Waals surface area contributed by atoms with Gasteiger partial charge in [0.15, 0.2) is 0 Å². The van der Waals surface area contributed by atoms with Crippen molar-refractivity contribution in [3.63, 3.8) is 0 Å². The van der Waals surface area contributed by atoms with Gasteiger partial charge < -0.3 is 10.2 Å². The molecule has 1 aliphatic heterocycles. The number of benzene rings is 2. The number of piperidine rings is 1. The van der Waals surface area contributed by atoms with Crippen LogP contribution in [0, 0.1) is 0 Å². The van der Waals surface area contributed by atoms with Gasteiger partial charge in [-0.3, -0.25) is 9.59 Å². The quantitative estimate of drug-likeness (QED) is 0.390. The number of hydrogen-bond donors (Lipinski definition) is 1. The van der Waals surface area contributed by atoms with E-state index < -0.39 is 0 Å². The fourth-order valence-corrected chi connectivity index (χ4v) is 5.96. The molecular formula is C30H27N3O2S. The van der Waals surface area contributed by atoms with Gasteiger partial charge in [-0.25, -0.2) is 4.98 Å². The maximum atomic E-state index is 13.9. The van der Waals surface area contributed by atoms with Crippen LogP contribution in [0.2, 0.25) is 0 Å². The van der Waals surface area contributed by atoms with Crippen LogP contribution >= 0.6 is 11.3 Å². The number of nitrogens with one attached hydrogen (secondary N) is 1. The lowest BCUT2D eigenvalue weighted by molar-refractivity contribution is 0.0699. The summed E-state index contributed by atoms with van der Waals surface area (Å²) < 4.78 is 0. The van der Waals surface area contributed by atoms with E-state index in [0.29, 0.717) is 18.7 Å². The van der Waals surface area contributed by atoms with Crippen LogP contribution in [-0.2, 0) is 6.42 Å². The Balaban J connectivity index is 1.27. The summed E-state index contributed by atoms with van der Waals surface area (Å²) in [5.74, 6) is 0.0464. The maximum absolute atomic E-state index is 13.9.